The zero-order chi connectivity index (χ0) is 23.9. The van der Waals surface area contributed by atoms with Gasteiger partial charge in [0.15, 0.2) is 0 Å². The summed E-state index contributed by atoms with van der Waals surface area (Å²) in [5.41, 5.74) is 4.56. The second-order valence-electron chi connectivity index (χ2n) is 7.41. The van der Waals surface area contributed by atoms with Gasteiger partial charge in [-0.05, 0) is 41.5 Å². The number of hydrogen-bond acceptors (Lipinski definition) is 4. The molecular formula is C27H19Cl2N3OS. The fourth-order valence-corrected chi connectivity index (χ4v) is 4.43. The molecule has 168 valence electrons. The lowest BCUT2D eigenvalue weighted by Gasteiger charge is -2.13. The van der Waals surface area contributed by atoms with Crippen molar-refractivity contribution in [1.82, 2.24) is 10.3 Å². The first kappa shape index (κ1) is 23.8. The average molecular weight is 504 g/mol. The second kappa shape index (κ2) is 11.2. The van der Waals surface area contributed by atoms with Gasteiger partial charge >= 0.3 is 0 Å². The van der Waals surface area contributed by atoms with Crippen LogP contribution in [0.1, 0.15) is 11.1 Å². The second-order valence-corrected chi connectivity index (χ2v) is 9.25. The van der Waals surface area contributed by atoms with E-state index in [-0.39, 0.29) is 11.7 Å². The number of pyridine rings is 1. The molecule has 4 rings (SSSR count). The molecule has 0 saturated heterocycles. The van der Waals surface area contributed by atoms with Crippen LogP contribution in [0.4, 0.5) is 0 Å². The average Bonchev–Trinajstić information content (AvgIpc) is 2.87. The van der Waals surface area contributed by atoms with Gasteiger partial charge in [0, 0.05) is 27.7 Å². The van der Waals surface area contributed by atoms with Crippen molar-refractivity contribution in [2.24, 2.45) is 0 Å². The number of benzene rings is 3. The van der Waals surface area contributed by atoms with Crippen molar-refractivity contribution >= 4 is 40.9 Å². The van der Waals surface area contributed by atoms with Crippen LogP contribution in [0.5, 0.6) is 0 Å². The van der Waals surface area contributed by atoms with E-state index in [1.165, 1.54) is 11.8 Å². The number of halogens is 2. The van der Waals surface area contributed by atoms with Gasteiger partial charge in [0.05, 0.1) is 17.0 Å². The summed E-state index contributed by atoms with van der Waals surface area (Å²) >= 11 is 13.4. The molecule has 4 aromatic rings. The number of rotatable bonds is 7. The predicted molar refractivity (Wildman–Crippen MR) is 139 cm³/mol. The highest BCUT2D eigenvalue weighted by Crippen LogP contribution is 2.35. The van der Waals surface area contributed by atoms with Crippen LogP contribution in [0, 0.1) is 11.3 Å². The fourth-order valence-electron chi connectivity index (χ4n) is 3.34. The first-order valence-electron chi connectivity index (χ1n) is 10.4. The van der Waals surface area contributed by atoms with E-state index in [0.717, 1.165) is 22.3 Å². The van der Waals surface area contributed by atoms with Gasteiger partial charge in [0.2, 0.25) is 5.91 Å². The SMILES string of the molecule is N#Cc1c(-c2ccc(Cl)cc2)cc(-c2ccc(Cl)cc2)nc1SCC(=O)NCc1ccccc1. The number of nitriles is 1. The third kappa shape index (κ3) is 5.98. The Morgan fingerprint density at radius 3 is 2.15 bits per heavy atom. The van der Waals surface area contributed by atoms with Gasteiger partial charge in [-0.3, -0.25) is 4.79 Å². The molecule has 3 aromatic carbocycles. The molecule has 0 aliphatic rings. The zero-order valence-corrected chi connectivity index (χ0v) is 20.3. The number of amides is 1. The molecule has 0 radical (unpaired) electrons. The molecule has 1 heterocycles. The molecule has 1 N–H and O–H groups in total. The van der Waals surface area contributed by atoms with Gasteiger partial charge in [0.25, 0.3) is 0 Å². The van der Waals surface area contributed by atoms with E-state index < -0.39 is 0 Å². The van der Waals surface area contributed by atoms with Crippen molar-refractivity contribution in [3.05, 3.63) is 106 Å². The molecule has 0 bridgehead atoms. The minimum Gasteiger partial charge on any atom is -0.351 e. The number of thioether (sulfide) groups is 1. The summed E-state index contributed by atoms with van der Waals surface area (Å²) in [6.45, 7) is 0.444. The summed E-state index contributed by atoms with van der Waals surface area (Å²) in [6, 6.07) is 28.5. The van der Waals surface area contributed by atoms with Crippen LogP contribution in [0.3, 0.4) is 0 Å². The van der Waals surface area contributed by atoms with Crippen LogP contribution in [0.15, 0.2) is 90.0 Å². The van der Waals surface area contributed by atoms with Crippen LogP contribution in [0.2, 0.25) is 10.0 Å². The van der Waals surface area contributed by atoms with E-state index in [1.807, 2.05) is 60.7 Å². The third-order valence-corrected chi connectivity index (χ3v) is 6.55. The Morgan fingerprint density at radius 1 is 0.912 bits per heavy atom. The summed E-state index contributed by atoms with van der Waals surface area (Å²) in [6.07, 6.45) is 0. The van der Waals surface area contributed by atoms with Crippen molar-refractivity contribution < 1.29 is 4.79 Å². The highest BCUT2D eigenvalue weighted by atomic mass is 35.5. The number of hydrogen-bond donors (Lipinski definition) is 1. The van der Waals surface area contributed by atoms with Crippen LogP contribution < -0.4 is 5.32 Å². The number of nitrogens with one attached hydrogen (secondary N) is 1. The minimum absolute atomic E-state index is 0.135. The van der Waals surface area contributed by atoms with Gasteiger partial charge in [-0.25, -0.2) is 4.98 Å². The minimum atomic E-state index is -0.135. The Balaban J connectivity index is 1.64. The summed E-state index contributed by atoms with van der Waals surface area (Å²) in [5.74, 6) is 0.00280. The Morgan fingerprint density at radius 2 is 1.53 bits per heavy atom. The fraction of sp³-hybridized carbons (Fsp3) is 0.0741. The molecule has 1 amide bonds. The van der Waals surface area contributed by atoms with Crippen LogP contribution in [-0.2, 0) is 11.3 Å². The quantitative estimate of drug-likeness (QED) is 0.275. The summed E-state index contributed by atoms with van der Waals surface area (Å²) < 4.78 is 0. The maximum atomic E-state index is 12.5. The largest absolute Gasteiger partial charge is 0.351 e. The van der Waals surface area contributed by atoms with Gasteiger partial charge in [-0.15, -0.1) is 0 Å². The standard InChI is InChI=1S/C27H19Cl2N3OS/c28-21-10-6-19(7-11-21)23-14-25(20-8-12-22(29)13-9-20)32-27(24(23)15-30)34-17-26(33)31-16-18-4-2-1-3-5-18/h1-14H,16-17H2,(H,31,33). The lowest BCUT2D eigenvalue weighted by Crippen LogP contribution is -2.24. The van der Waals surface area contributed by atoms with E-state index in [2.05, 4.69) is 11.4 Å². The van der Waals surface area contributed by atoms with Gasteiger partial charge in [0.1, 0.15) is 11.1 Å². The van der Waals surface area contributed by atoms with Crippen molar-refractivity contribution in [2.45, 2.75) is 11.6 Å². The highest BCUT2D eigenvalue weighted by Gasteiger charge is 2.17. The first-order valence-corrected chi connectivity index (χ1v) is 12.2. The summed E-state index contributed by atoms with van der Waals surface area (Å²) in [7, 11) is 0. The van der Waals surface area contributed by atoms with Crippen LogP contribution in [0.25, 0.3) is 22.4 Å². The summed E-state index contributed by atoms with van der Waals surface area (Å²) in [5, 5.41) is 14.6. The smallest absolute Gasteiger partial charge is 0.230 e. The first-order chi connectivity index (χ1) is 16.5. The molecular weight excluding hydrogens is 485 g/mol. The number of carbonyl (C=O) groups excluding carboxylic acids is 1. The normalized spacial score (nSPS) is 10.5. The molecule has 1 aromatic heterocycles. The van der Waals surface area contributed by atoms with Crippen molar-refractivity contribution in [1.29, 1.82) is 5.26 Å². The van der Waals surface area contributed by atoms with E-state index in [1.54, 1.807) is 24.3 Å². The maximum absolute atomic E-state index is 12.5. The number of aromatic nitrogens is 1. The van der Waals surface area contributed by atoms with Crippen LogP contribution >= 0.6 is 35.0 Å². The number of nitrogens with zero attached hydrogens (tertiary/aromatic N) is 2. The maximum Gasteiger partial charge on any atom is 0.230 e. The molecule has 0 aliphatic carbocycles. The number of carbonyl (C=O) groups is 1. The molecule has 0 unspecified atom stereocenters. The topological polar surface area (TPSA) is 65.8 Å². The monoisotopic (exact) mass is 503 g/mol. The Labute approximate surface area is 212 Å². The van der Waals surface area contributed by atoms with Crippen molar-refractivity contribution in [3.63, 3.8) is 0 Å². The summed E-state index contributed by atoms with van der Waals surface area (Å²) in [4.78, 5) is 17.2. The predicted octanol–water partition coefficient (Wildman–Crippen LogP) is 7.00. The Kier molecular flexibility index (Phi) is 7.87. The van der Waals surface area contributed by atoms with Crippen molar-refractivity contribution in [2.75, 3.05) is 5.75 Å². The van der Waals surface area contributed by atoms with Crippen molar-refractivity contribution in [3.8, 4) is 28.5 Å². The lowest BCUT2D eigenvalue weighted by atomic mass is 9.99. The van der Waals surface area contributed by atoms with E-state index in [0.29, 0.717) is 32.9 Å². The van der Waals surface area contributed by atoms with E-state index in [9.17, 15) is 10.1 Å². The molecule has 0 fully saturated rings. The third-order valence-electron chi connectivity index (χ3n) is 5.07. The Bertz CT molecular complexity index is 1340. The molecule has 0 atom stereocenters. The highest BCUT2D eigenvalue weighted by molar-refractivity contribution is 8.00. The lowest BCUT2D eigenvalue weighted by molar-refractivity contribution is -0.118. The van der Waals surface area contributed by atoms with Crippen LogP contribution in [-0.4, -0.2) is 16.6 Å². The van der Waals surface area contributed by atoms with Gasteiger partial charge < -0.3 is 5.32 Å². The molecule has 34 heavy (non-hydrogen) atoms. The Hall–Kier alpha value is -3.30. The van der Waals surface area contributed by atoms with Gasteiger partial charge in [-0.1, -0.05) is 89.6 Å². The molecule has 0 spiro atoms. The molecule has 7 heteroatoms. The molecule has 0 saturated carbocycles. The zero-order valence-electron chi connectivity index (χ0n) is 18.0. The molecule has 4 nitrogen and oxygen atoms in total. The van der Waals surface area contributed by atoms with Gasteiger partial charge in [-0.2, -0.15) is 5.26 Å². The van der Waals surface area contributed by atoms with E-state index >= 15 is 0 Å². The van der Waals surface area contributed by atoms with E-state index in [4.69, 9.17) is 28.2 Å². The molecule has 0 aliphatic heterocycles.